The van der Waals surface area contributed by atoms with Gasteiger partial charge in [-0.3, -0.25) is 4.79 Å². The number of carbonyl (C=O) groups is 1. The van der Waals surface area contributed by atoms with Crippen LogP contribution in [-0.2, 0) is 21.2 Å². The van der Waals surface area contributed by atoms with Gasteiger partial charge in [0, 0.05) is 62.0 Å². The van der Waals surface area contributed by atoms with E-state index in [0.29, 0.717) is 55.4 Å². The third-order valence-electron chi connectivity index (χ3n) is 5.45. The summed E-state index contributed by atoms with van der Waals surface area (Å²) in [6.45, 7) is 10.8. The Bertz CT molecular complexity index is 939. The minimum Gasteiger partial charge on any atom is -0.402 e. The minimum atomic E-state index is -3.26. The Balaban J connectivity index is 1.99. The fraction of sp³-hybridized carbons (Fsp3) is 0.522. The molecule has 1 heterocycles. The maximum absolute atomic E-state index is 12.6. The van der Waals surface area contributed by atoms with Gasteiger partial charge in [0.1, 0.15) is 0 Å². The Morgan fingerprint density at radius 2 is 1.94 bits per heavy atom. The van der Waals surface area contributed by atoms with Gasteiger partial charge in [-0.2, -0.15) is 4.31 Å². The van der Waals surface area contributed by atoms with E-state index in [4.69, 9.17) is 17.3 Å². The molecule has 0 bridgehead atoms. The molecule has 0 aromatic heterocycles. The van der Waals surface area contributed by atoms with Gasteiger partial charge in [-0.05, 0) is 49.2 Å². The van der Waals surface area contributed by atoms with Crippen LogP contribution in [0, 0.1) is 0 Å². The van der Waals surface area contributed by atoms with E-state index in [-0.39, 0.29) is 18.0 Å². The van der Waals surface area contributed by atoms with Crippen LogP contribution in [0.5, 0.6) is 0 Å². The van der Waals surface area contributed by atoms with E-state index in [1.807, 2.05) is 12.1 Å². The number of nitrogens with one attached hydrogen (secondary N) is 1. The number of piperazine rings is 1. The van der Waals surface area contributed by atoms with Crippen molar-refractivity contribution in [3.8, 4) is 0 Å². The van der Waals surface area contributed by atoms with Crippen LogP contribution in [-0.4, -0.2) is 63.5 Å². The molecule has 1 aromatic carbocycles. The summed E-state index contributed by atoms with van der Waals surface area (Å²) < 4.78 is 26.7. The number of hydrogen-bond donors (Lipinski definition) is 2. The smallest absolute Gasteiger partial charge is 0.215 e. The Morgan fingerprint density at radius 1 is 1.25 bits per heavy atom. The van der Waals surface area contributed by atoms with Crippen molar-refractivity contribution >= 4 is 33.1 Å². The number of ketones is 1. The van der Waals surface area contributed by atoms with Gasteiger partial charge >= 0.3 is 0 Å². The number of rotatable bonds is 12. The Labute approximate surface area is 197 Å². The van der Waals surface area contributed by atoms with Crippen LogP contribution in [0.1, 0.15) is 32.3 Å². The zero-order chi connectivity index (χ0) is 23.7. The molecule has 1 aliphatic heterocycles. The van der Waals surface area contributed by atoms with E-state index < -0.39 is 10.0 Å². The predicted molar refractivity (Wildman–Crippen MR) is 133 cm³/mol. The first kappa shape index (κ1) is 26.4. The van der Waals surface area contributed by atoms with E-state index in [9.17, 15) is 13.2 Å². The highest BCUT2D eigenvalue weighted by Gasteiger charge is 2.27. The average molecular weight is 483 g/mol. The molecule has 32 heavy (non-hydrogen) atoms. The molecular weight excluding hydrogens is 448 g/mol. The molecular formula is C23H35ClN4O3S. The lowest BCUT2D eigenvalue weighted by Crippen LogP contribution is -2.50. The number of sulfonamides is 1. The number of Topliss-reactive ketones (excluding diaryl/α,β-unsaturated/α-hetero) is 1. The van der Waals surface area contributed by atoms with Crippen molar-refractivity contribution in [1.29, 1.82) is 0 Å². The molecule has 0 aliphatic carbocycles. The molecule has 0 radical (unpaired) electrons. The highest BCUT2D eigenvalue weighted by Crippen LogP contribution is 2.26. The molecule has 2 rings (SSSR count). The third kappa shape index (κ3) is 7.92. The normalized spacial score (nSPS) is 15.7. The van der Waals surface area contributed by atoms with Crippen LogP contribution in [0.4, 0.5) is 5.69 Å². The maximum Gasteiger partial charge on any atom is 0.215 e. The van der Waals surface area contributed by atoms with Gasteiger partial charge in [-0.1, -0.05) is 31.2 Å². The van der Waals surface area contributed by atoms with Crippen molar-refractivity contribution in [2.24, 2.45) is 5.73 Å². The highest BCUT2D eigenvalue weighted by molar-refractivity contribution is 7.89. The molecule has 7 nitrogen and oxygen atoms in total. The summed E-state index contributed by atoms with van der Waals surface area (Å²) in [7, 11) is -3.26. The van der Waals surface area contributed by atoms with Crippen molar-refractivity contribution in [1.82, 2.24) is 9.62 Å². The number of nitrogens with zero attached hydrogens (tertiary/aromatic N) is 2. The first-order valence-corrected chi connectivity index (χ1v) is 13.0. The van der Waals surface area contributed by atoms with Crippen LogP contribution in [0.3, 0.4) is 0 Å². The summed E-state index contributed by atoms with van der Waals surface area (Å²) in [4.78, 5) is 14.7. The summed E-state index contributed by atoms with van der Waals surface area (Å²) in [6.07, 6.45) is 3.42. The summed E-state index contributed by atoms with van der Waals surface area (Å²) in [5.74, 6) is 0.0998. The summed E-state index contributed by atoms with van der Waals surface area (Å²) in [5.41, 5.74) is 8.41. The molecule has 0 saturated carbocycles. The lowest BCUT2D eigenvalue weighted by atomic mass is 10.0. The maximum atomic E-state index is 12.6. The largest absolute Gasteiger partial charge is 0.402 e. The van der Waals surface area contributed by atoms with Gasteiger partial charge in [-0.25, -0.2) is 8.42 Å². The summed E-state index contributed by atoms with van der Waals surface area (Å²) in [6, 6.07) is 5.63. The Hall–Kier alpha value is -1.87. The SMILES string of the molecule is C=C(N)C/C=C(\C)C(=O)Cc1cc(N2CCN(S(=O)(=O)CCNCCC)CC2)ccc1Cl. The number of benzene rings is 1. The first-order valence-electron chi connectivity index (χ1n) is 11.0. The number of nitrogens with two attached hydrogens (primary N) is 1. The molecule has 1 aliphatic rings. The second-order valence-electron chi connectivity index (χ2n) is 8.08. The molecule has 0 atom stereocenters. The zero-order valence-electron chi connectivity index (χ0n) is 19.1. The highest BCUT2D eigenvalue weighted by atomic mass is 35.5. The zero-order valence-corrected chi connectivity index (χ0v) is 20.6. The standard InChI is InChI=1S/C23H35ClN4O3S/c1-4-9-26-10-15-32(30,31)28-13-11-27(12-14-28)21-7-8-22(24)20(16-21)17-23(29)18(2)5-6-19(3)25/h5,7-8,16,26H,3-4,6,9-15,17,25H2,1-2H3/b18-5+. The molecule has 1 aromatic rings. The second-order valence-corrected chi connectivity index (χ2v) is 10.6. The van der Waals surface area contributed by atoms with Gasteiger partial charge in [0.2, 0.25) is 10.0 Å². The minimum absolute atomic E-state index is 0.0158. The van der Waals surface area contributed by atoms with E-state index in [2.05, 4.69) is 23.7 Å². The van der Waals surface area contributed by atoms with E-state index in [1.54, 1.807) is 23.4 Å². The van der Waals surface area contributed by atoms with Crippen molar-refractivity contribution in [2.75, 3.05) is 49.9 Å². The fourth-order valence-corrected chi connectivity index (χ4v) is 5.02. The molecule has 1 fully saturated rings. The van der Waals surface area contributed by atoms with Crippen molar-refractivity contribution in [3.63, 3.8) is 0 Å². The van der Waals surface area contributed by atoms with E-state index >= 15 is 0 Å². The molecule has 3 N–H and O–H groups in total. The van der Waals surface area contributed by atoms with Gasteiger partial charge in [0.15, 0.2) is 5.78 Å². The fourth-order valence-electron chi connectivity index (χ4n) is 3.46. The predicted octanol–water partition coefficient (Wildman–Crippen LogP) is 2.71. The van der Waals surface area contributed by atoms with Crippen LogP contribution >= 0.6 is 11.6 Å². The lowest BCUT2D eigenvalue weighted by Gasteiger charge is -2.35. The number of allylic oxidation sites excluding steroid dienone is 2. The topological polar surface area (TPSA) is 95.7 Å². The Kier molecular flexibility index (Phi) is 10.2. The van der Waals surface area contributed by atoms with Crippen molar-refractivity contribution in [3.05, 3.63) is 52.7 Å². The molecule has 0 spiro atoms. The lowest BCUT2D eigenvalue weighted by molar-refractivity contribution is -0.114. The van der Waals surface area contributed by atoms with Crippen LogP contribution < -0.4 is 16.0 Å². The summed E-state index contributed by atoms with van der Waals surface area (Å²) in [5, 5.41) is 3.68. The third-order valence-corrected chi connectivity index (χ3v) is 7.69. The monoisotopic (exact) mass is 482 g/mol. The van der Waals surface area contributed by atoms with E-state index in [1.165, 1.54) is 0 Å². The van der Waals surface area contributed by atoms with Crippen LogP contribution in [0.15, 0.2) is 42.1 Å². The van der Waals surface area contributed by atoms with Crippen LogP contribution in [0.2, 0.25) is 5.02 Å². The number of carbonyl (C=O) groups excluding carboxylic acids is 1. The quantitative estimate of drug-likeness (QED) is 0.351. The van der Waals surface area contributed by atoms with E-state index in [0.717, 1.165) is 24.2 Å². The van der Waals surface area contributed by atoms with Crippen molar-refractivity contribution < 1.29 is 13.2 Å². The molecule has 0 unspecified atom stereocenters. The van der Waals surface area contributed by atoms with Crippen LogP contribution in [0.25, 0.3) is 0 Å². The Morgan fingerprint density at radius 3 is 2.56 bits per heavy atom. The molecule has 1 saturated heterocycles. The van der Waals surface area contributed by atoms with Gasteiger partial charge in [-0.15, -0.1) is 0 Å². The van der Waals surface area contributed by atoms with Crippen molar-refractivity contribution in [2.45, 2.75) is 33.1 Å². The number of anilines is 1. The second kappa shape index (κ2) is 12.4. The summed E-state index contributed by atoms with van der Waals surface area (Å²) >= 11 is 6.35. The average Bonchev–Trinajstić information content (AvgIpc) is 2.76. The number of halogens is 1. The first-order chi connectivity index (χ1) is 15.1. The van der Waals surface area contributed by atoms with Gasteiger partial charge in [0.05, 0.1) is 5.75 Å². The van der Waals surface area contributed by atoms with Gasteiger partial charge < -0.3 is 16.0 Å². The molecule has 9 heteroatoms. The van der Waals surface area contributed by atoms with Gasteiger partial charge in [0.25, 0.3) is 0 Å². The molecule has 178 valence electrons. The number of hydrogen-bond acceptors (Lipinski definition) is 6. The molecule has 0 amide bonds.